The molecule has 0 aromatic heterocycles. The van der Waals surface area contributed by atoms with Gasteiger partial charge in [-0.3, -0.25) is 0 Å². The zero-order valence-electron chi connectivity index (χ0n) is 11.0. The molecule has 0 radical (unpaired) electrons. The Hall–Kier alpha value is -1.28. The van der Waals surface area contributed by atoms with E-state index in [1.807, 2.05) is 24.3 Å². The molecule has 2 aromatic carbocycles. The Kier molecular flexibility index (Phi) is 5.10. The van der Waals surface area contributed by atoms with Gasteiger partial charge in [-0.05, 0) is 35.9 Å². The van der Waals surface area contributed by atoms with Gasteiger partial charge in [0.1, 0.15) is 5.82 Å². The molecule has 0 aliphatic rings. The summed E-state index contributed by atoms with van der Waals surface area (Å²) in [6, 6.07) is 10.9. The molecule has 4 nitrogen and oxygen atoms in total. The quantitative estimate of drug-likeness (QED) is 0.846. The lowest BCUT2D eigenvalue weighted by molar-refractivity contribution is 0.579. The van der Waals surface area contributed by atoms with E-state index in [2.05, 4.69) is 20.7 Å². The van der Waals surface area contributed by atoms with Crippen LogP contribution < -0.4 is 10.5 Å². The summed E-state index contributed by atoms with van der Waals surface area (Å²) in [5.74, 6) is -0.511. The lowest BCUT2D eigenvalue weighted by Crippen LogP contribution is -2.23. The molecule has 0 bridgehead atoms. The molecule has 0 amide bonds. The van der Waals surface area contributed by atoms with Gasteiger partial charge in [0.25, 0.3) is 0 Å². The molecule has 0 aliphatic carbocycles. The van der Waals surface area contributed by atoms with E-state index in [-0.39, 0.29) is 23.5 Å². The first kappa shape index (κ1) is 16.1. The van der Waals surface area contributed by atoms with Crippen molar-refractivity contribution in [2.45, 2.75) is 18.0 Å². The van der Waals surface area contributed by atoms with Crippen LogP contribution in [0.25, 0.3) is 0 Å². The van der Waals surface area contributed by atoms with Crippen molar-refractivity contribution in [2.75, 3.05) is 0 Å². The van der Waals surface area contributed by atoms with Gasteiger partial charge in [-0.1, -0.05) is 28.1 Å². The van der Waals surface area contributed by atoms with Gasteiger partial charge in [-0.15, -0.1) is 0 Å². The van der Waals surface area contributed by atoms with Crippen LogP contribution in [0.5, 0.6) is 0 Å². The minimum Gasteiger partial charge on any atom is -0.326 e. The molecule has 2 rings (SSSR count). The summed E-state index contributed by atoms with van der Waals surface area (Å²) >= 11 is 3.32. The van der Waals surface area contributed by atoms with E-state index < -0.39 is 15.8 Å². The van der Waals surface area contributed by atoms with Gasteiger partial charge >= 0.3 is 0 Å². The Balaban J connectivity index is 2.18. The molecule has 7 heteroatoms. The van der Waals surface area contributed by atoms with Gasteiger partial charge in [0.05, 0.1) is 4.90 Å². The summed E-state index contributed by atoms with van der Waals surface area (Å²) in [5, 5.41) is 0. The molecule has 0 heterocycles. The van der Waals surface area contributed by atoms with Crippen molar-refractivity contribution in [3.05, 3.63) is 63.9 Å². The Labute approximate surface area is 131 Å². The summed E-state index contributed by atoms with van der Waals surface area (Å²) in [6.07, 6.45) is 0. The second-order valence-electron chi connectivity index (χ2n) is 4.41. The van der Waals surface area contributed by atoms with Crippen molar-refractivity contribution in [3.63, 3.8) is 0 Å². The monoisotopic (exact) mass is 372 g/mol. The van der Waals surface area contributed by atoms with Crippen molar-refractivity contribution in [1.82, 2.24) is 4.72 Å². The van der Waals surface area contributed by atoms with Gasteiger partial charge in [0, 0.05) is 23.1 Å². The molecule has 21 heavy (non-hydrogen) atoms. The fourth-order valence-electron chi connectivity index (χ4n) is 1.78. The van der Waals surface area contributed by atoms with E-state index in [9.17, 15) is 12.8 Å². The van der Waals surface area contributed by atoms with Crippen LogP contribution in [0, 0.1) is 5.82 Å². The highest BCUT2D eigenvalue weighted by molar-refractivity contribution is 9.10. The topological polar surface area (TPSA) is 72.2 Å². The fraction of sp³-hybridized carbons (Fsp3) is 0.143. The number of sulfonamides is 1. The smallest absolute Gasteiger partial charge is 0.240 e. The van der Waals surface area contributed by atoms with Crippen LogP contribution in [-0.4, -0.2) is 8.42 Å². The van der Waals surface area contributed by atoms with Crippen LogP contribution in [0.3, 0.4) is 0 Å². The Morgan fingerprint density at radius 2 is 1.95 bits per heavy atom. The number of hydrogen-bond donors (Lipinski definition) is 2. The van der Waals surface area contributed by atoms with Crippen LogP contribution in [-0.2, 0) is 23.1 Å². The molecular formula is C14H14BrFN2O2S. The fourth-order valence-corrected chi connectivity index (χ4v) is 3.30. The van der Waals surface area contributed by atoms with Crippen LogP contribution in [0.15, 0.2) is 51.8 Å². The number of rotatable bonds is 5. The number of halogens is 2. The van der Waals surface area contributed by atoms with Crippen LogP contribution in [0.4, 0.5) is 4.39 Å². The Bertz CT molecular complexity index is 750. The maximum absolute atomic E-state index is 13.4. The van der Waals surface area contributed by atoms with Crippen molar-refractivity contribution < 1.29 is 12.8 Å². The third kappa shape index (κ3) is 4.10. The Morgan fingerprint density at radius 1 is 1.19 bits per heavy atom. The van der Waals surface area contributed by atoms with E-state index >= 15 is 0 Å². The van der Waals surface area contributed by atoms with Crippen molar-refractivity contribution >= 4 is 26.0 Å². The summed E-state index contributed by atoms with van der Waals surface area (Å²) in [7, 11) is -3.71. The lowest BCUT2D eigenvalue weighted by Gasteiger charge is -2.09. The number of hydrogen-bond acceptors (Lipinski definition) is 3. The van der Waals surface area contributed by atoms with Gasteiger partial charge < -0.3 is 5.73 Å². The minimum absolute atomic E-state index is 0.000605. The largest absolute Gasteiger partial charge is 0.326 e. The predicted octanol–water partition coefficient (Wildman–Crippen LogP) is 2.53. The van der Waals surface area contributed by atoms with E-state index in [1.165, 1.54) is 12.1 Å². The maximum atomic E-state index is 13.4. The summed E-state index contributed by atoms with van der Waals surface area (Å²) < 4.78 is 41.1. The molecule has 0 atom stereocenters. The van der Waals surface area contributed by atoms with E-state index in [1.54, 1.807) is 0 Å². The zero-order chi connectivity index (χ0) is 15.5. The maximum Gasteiger partial charge on any atom is 0.240 e. The Morgan fingerprint density at radius 3 is 2.62 bits per heavy atom. The predicted molar refractivity (Wildman–Crippen MR) is 82.5 cm³/mol. The standard InChI is InChI=1S/C14H14BrFN2O2S/c15-12-3-1-2-10(6-12)9-18-21(19,20)13-4-5-14(16)11(7-13)8-17/h1-7,18H,8-9,17H2. The molecule has 0 aliphatic heterocycles. The first-order chi connectivity index (χ1) is 9.92. The van der Waals surface area contributed by atoms with Gasteiger partial charge in [0.15, 0.2) is 0 Å². The lowest BCUT2D eigenvalue weighted by atomic mass is 10.2. The zero-order valence-corrected chi connectivity index (χ0v) is 13.4. The molecule has 112 valence electrons. The van der Waals surface area contributed by atoms with Gasteiger partial charge in [0.2, 0.25) is 10.0 Å². The second-order valence-corrected chi connectivity index (χ2v) is 7.09. The molecule has 0 spiro atoms. The highest BCUT2D eigenvalue weighted by Gasteiger charge is 2.15. The highest BCUT2D eigenvalue weighted by Crippen LogP contribution is 2.16. The average molecular weight is 373 g/mol. The molecule has 0 saturated carbocycles. The number of benzene rings is 2. The van der Waals surface area contributed by atoms with Crippen LogP contribution in [0.1, 0.15) is 11.1 Å². The summed E-state index contributed by atoms with van der Waals surface area (Å²) in [5.41, 5.74) is 6.37. The third-order valence-corrected chi connectivity index (χ3v) is 4.79. The minimum atomic E-state index is -3.71. The van der Waals surface area contributed by atoms with Gasteiger partial charge in [-0.25, -0.2) is 17.5 Å². The molecule has 2 aromatic rings. The van der Waals surface area contributed by atoms with E-state index in [0.717, 1.165) is 16.1 Å². The molecule has 3 N–H and O–H groups in total. The first-order valence-electron chi connectivity index (χ1n) is 6.15. The van der Waals surface area contributed by atoms with Crippen LogP contribution in [0.2, 0.25) is 0 Å². The number of nitrogens with two attached hydrogens (primary N) is 1. The molecule has 0 fully saturated rings. The van der Waals surface area contributed by atoms with Crippen molar-refractivity contribution in [2.24, 2.45) is 5.73 Å². The summed E-state index contributed by atoms with van der Waals surface area (Å²) in [6.45, 7) is 0.0952. The van der Waals surface area contributed by atoms with E-state index in [4.69, 9.17) is 5.73 Å². The summed E-state index contributed by atoms with van der Waals surface area (Å²) in [4.78, 5) is -0.000605. The molecule has 0 saturated heterocycles. The average Bonchev–Trinajstić information content (AvgIpc) is 2.46. The van der Waals surface area contributed by atoms with Crippen LogP contribution >= 0.6 is 15.9 Å². The van der Waals surface area contributed by atoms with E-state index in [0.29, 0.717) is 0 Å². The first-order valence-corrected chi connectivity index (χ1v) is 8.42. The van der Waals surface area contributed by atoms with Gasteiger partial charge in [-0.2, -0.15) is 0 Å². The molecular weight excluding hydrogens is 359 g/mol. The molecule has 0 unspecified atom stereocenters. The second kappa shape index (κ2) is 6.65. The third-order valence-electron chi connectivity index (χ3n) is 2.90. The highest BCUT2D eigenvalue weighted by atomic mass is 79.9. The van der Waals surface area contributed by atoms with Crippen molar-refractivity contribution in [1.29, 1.82) is 0 Å². The SMILES string of the molecule is NCc1cc(S(=O)(=O)NCc2cccc(Br)c2)ccc1F. The van der Waals surface area contributed by atoms with Crippen molar-refractivity contribution in [3.8, 4) is 0 Å². The number of nitrogens with one attached hydrogen (secondary N) is 1. The normalized spacial score (nSPS) is 11.6.